The number of carboxylic acid groups (broad SMARTS) is 1. The van der Waals surface area contributed by atoms with Crippen LogP contribution in [0.5, 0.6) is 0 Å². The Morgan fingerprint density at radius 3 is 2.52 bits per heavy atom. The van der Waals surface area contributed by atoms with Crippen LogP contribution < -0.4 is 4.90 Å². The summed E-state index contributed by atoms with van der Waals surface area (Å²) in [4.78, 5) is 34.7. The van der Waals surface area contributed by atoms with E-state index in [1.54, 1.807) is 24.3 Å². The van der Waals surface area contributed by atoms with E-state index < -0.39 is 11.5 Å². The summed E-state index contributed by atoms with van der Waals surface area (Å²) < 4.78 is 0. The van der Waals surface area contributed by atoms with Gasteiger partial charge in [-0.3, -0.25) is 4.79 Å². The summed E-state index contributed by atoms with van der Waals surface area (Å²) in [5.74, 6) is -0.536. The molecule has 21 heavy (non-hydrogen) atoms. The van der Waals surface area contributed by atoms with Crippen LogP contribution in [-0.4, -0.2) is 57.5 Å². The van der Waals surface area contributed by atoms with Crippen LogP contribution in [0.15, 0.2) is 18.5 Å². The number of likely N-dealkylation sites (N-methyl/N-ethyl adjacent to an activating group) is 1. The SMILES string of the molecule is CN1CCN(c2ncc(/C=C/C(=O)O)cn2)C(C)(C)C1=O. The number of rotatable bonds is 3. The monoisotopic (exact) mass is 290 g/mol. The Labute approximate surface area is 122 Å². The Hall–Kier alpha value is -2.44. The lowest BCUT2D eigenvalue weighted by Crippen LogP contribution is -2.62. The van der Waals surface area contributed by atoms with Gasteiger partial charge in [-0.1, -0.05) is 0 Å². The molecule has 0 radical (unpaired) electrons. The Morgan fingerprint density at radius 2 is 1.95 bits per heavy atom. The molecule has 7 nitrogen and oxygen atoms in total. The van der Waals surface area contributed by atoms with Gasteiger partial charge in [-0.2, -0.15) is 0 Å². The minimum atomic E-state index is -1.02. The average molecular weight is 290 g/mol. The highest BCUT2D eigenvalue weighted by atomic mass is 16.4. The van der Waals surface area contributed by atoms with Crippen molar-refractivity contribution in [3.8, 4) is 0 Å². The van der Waals surface area contributed by atoms with Gasteiger partial charge in [0.15, 0.2) is 0 Å². The summed E-state index contributed by atoms with van der Waals surface area (Å²) in [7, 11) is 1.78. The van der Waals surface area contributed by atoms with E-state index >= 15 is 0 Å². The molecule has 112 valence electrons. The van der Waals surface area contributed by atoms with E-state index in [0.717, 1.165) is 6.08 Å². The zero-order chi connectivity index (χ0) is 15.6. The third kappa shape index (κ3) is 3.01. The number of hydrogen-bond acceptors (Lipinski definition) is 5. The van der Waals surface area contributed by atoms with Gasteiger partial charge in [-0.05, 0) is 19.9 Å². The van der Waals surface area contributed by atoms with Crippen molar-refractivity contribution in [1.29, 1.82) is 0 Å². The first-order valence-electron chi connectivity index (χ1n) is 6.58. The van der Waals surface area contributed by atoms with Gasteiger partial charge in [0.1, 0.15) is 5.54 Å². The summed E-state index contributed by atoms with van der Waals surface area (Å²) in [6.45, 7) is 4.95. The molecule has 0 spiro atoms. The first-order valence-corrected chi connectivity index (χ1v) is 6.58. The Kier molecular flexibility index (Phi) is 3.93. The molecule has 1 saturated heterocycles. The average Bonchev–Trinajstić information content (AvgIpc) is 2.43. The van der Waals surface area contributed by atoms with Crippen molar-refractivity contribution in [2.75, 3.05) is 25.0 Å². The van der Waals surface area contributed by atoms with E-state index in [4.69, 9.17) is 5.11 Å². The van der Waals surface area contributed by atoms with Crippen molar-refractivity contribution in [3.63, 3.8) is 0 Å². The maximum atomic E-state index is 12.2. The molecule has 1 aliphatic heterocycles. The molecule has 1 aliphatic rings. The molecule has 0 atom stereocenters. The van der Waals surface area contributed by atoms with Crippen LogP contribution >= 0.6 is 0 Å². The minimum absolute atomic E-state index is 0.0206. The minimum Gasteiger partial charge on any atom is -0.478 e. The van der Waals surface area contributed by atoms with Crippen molar-refractivity contribution < 1.29 is 14.7 Å². The molecule has 0 bridgehead atoms. The highest BCUT2D eigenvalue weighted by Crippen LogP contribution is 2.25. The number of carbonyl (C=O) groups excluding carboxylic acids is 1. The lowest BCUT2D eigenvalue weighted by Gasteiger charge is -2.44. The zero-order valence-electron chi connectivity index (χ0n) is 12.3. The Morgan fingerprint density at radius 1 is 1.33 bits per heavy atom. The fraction of sp³-hybridized carbons (Fsp3) is 0.429. The Balaban J connectivity index is 2.22. The predicted octanol–water partition coefficient (Wildman–Crippen LogP) is 0.631. The van der Waals surface area contributed by atoms with Crippen molar-refractivity contribution in [2.45, 2.75) is 19.4 Å². The largest absolute Gasteiger partial charge is 0.478 e. The molecule has 1 amide bonds. The van der Waals surface area contributed by atoms with Crippen LogP contribution in [0.4, 0.5) is 5.95 Å². The van der Waals surface area contributed by atoms with Gasteiger partial charge in [0, 0.05) is 44.2 Å². The fourth-order valence-corrected chi connectivity index (χ4v) is 2.29. The topological polar surface area (TPSA) is 86.6 Å². The molecule has 2 heterocycles. The standard InChI is InChI=1S/C14H18N4O3/c1-14(2)12(21)17(3)6-7-18(14)13-15-8-10(9-16-13)4-5-11(19)20/h4-5,8-9H,6-7H2,1-3H3,(H,19,20)/b5-4+. The molecule has 0 unspecified atom stereocenters. The summed E-state index contributed by atoms with van der Waals surface area (Å²) >= 11 is 0. The zero-order valence-corrected chi connectivity index (χ0v) is 12.3. The second kappa shape index (κ2) is 5.51. The number of amides is 1. The van der Waals surface area contributed by atoms with Crippen molar-refractivity contribution in [3.05, 3.63) is 24.0 Å². The van der Waals surface area contributed by atoms with Gasteiger partial charge in [-0.25, -0.2) is 14.8 Å². The molecular formula is C14H18N4O3. The van der Waals surface area contributed by atoms with E-state index in [1.165, 1.54) is 6.08 Å². The predicted molar refractivity (Wildman–Crippen MR) is 77.8 cm³/mol. The molecule has 1 aromatic heterocycles. The van der Waals surface area contributed by atoms with Crippen LogP contribution in [0.2, 0.25) is 0 Å². The number of hydrogen-bond donors (Lipinski definition) is 1. The van der Waals surface area contributed by atoms with Crippen LogP contribution in [-0.2, 0) is 9.59 Å². The number of carbonyl (C=O) groups is 2. The third-order valence-electron chi connectivity index (χ3n) is 3.52. The van der Waals surface area contributed by atoms with E-state index in [0.29, 0.717) is 24.6 Å². The number of carboxylic acids is 1. The molecule has 7 heteroatoms. The lowest BCUT2D eigenvalue weighted by atomic mass is 9.98. The quantitative estimate of drug-likeness (QED) is 0.822. The molecule has 0 aromatic carbocycles. The fourth-order valence-electron chi connectivity index (χ4n) is 2.29. The van der Waals surface area contributed by atoms with Crippen molar-refractivity contribution >= 4 is 23.9 Å². The highest BCUT2D eigenvalue weighted by molar-refractivity contribution is 5.89. The first kappa shape index (κ1) is 15.0. The molecule has 0 saturated carbocycles. The van der Waals surface area contributed by atoms with Gasteiger partial charge in [0.25, 0.3) is 0 Å². The number of piperazine rings is 1. The van der Waals surface area contributed by atoms with Gasteiger partial charge in [0.05, 0.1) is 0 Å². The molecule has 0 aliphatic carbocycles. The molecule has 1 fully saturated rings. The summed E-state index contributed by atoms with van der Waals surface area (Å²) in [6.07, 6.45) is 5.54. The van der Waals surface area contributed by atoms with E-state index in [1.807, 2.05) is 18.7 Å². The van der Waals surface area contributed by atoms with Crippen molar-refractivity contribution in [1.82, 2.24) is 14.9 Å². The van der Waals surface area contributed by atoms with Gasteiger partial charge in [-0.15, -0.1) is 0 Å². The lowest BCUT2D eigenvalue weighted by molar-refractivity contribution is -0.136. The molecular weight excluding hydrogens is 272 g/mol. The maximum absolute atomic E-state index is 12.2. The Bertz CT molecular complexity index is 580. The molecule has 1 aromatic rings. The van der Waals surface area contributed by atoms with Crippen LogP contribution in [0, 0.1) is 0 Å². The summed E-state index contributed by atoms with van der Waals surface area (Å²) in [6, 6.07) is 0. The highest BCUT2D eigenvalue weighted by Gasteiger charge is 2.41. The van der Waals surface area contributed by atoms with Crippen LogP contribution in [0.3, 0.4) is 0 Å². The second-order valence-electron chi connectivity index (χ2n) is 5.43. The number of nitrogens with zero attached hydrogens (tertiary/aromatic N) is 4. The summed E-state index contributed by atoms with van der Waals surface area (Å²) in [5, 5.41) is 8.58. The normalized spacial score (nSPS) is 18.3. The van der Waals surface area contributed by atoms with Gasteiger partial charge in [0.2, 0.25) is 11.9 Å². The molecule has 1 N–H and O–H groups in total. The van der Waals surface area contributed by atoms with Crippen LogP contribution in [0.25, 0.3) is 6.08 Å². The van der Waals surface area contributed by atoms with E-state index in [2.05, 4.69) is 9.97 Å². The number of aromatic nitrogens is 2. The maximum Gasteiger partial charge on any atom is 0.328 e. The summed E-state index contributed by atoms with van der Waals surface area (Å²) in [5.41, 5.74) is -0.106. The first-order chi connectivity index (χ1) is 9.82. The number of aliphatic carboxylic acids is 1. The van der Waals surface area contributed by atoms with Gasteiger partial charge >= 0.3 is 5.97 Å². The van der Waals surface area contributed by atoms with Crippen molar-refractivity contribution in [2.24, 2.45) is 0 Å². The second-order valence-corrected chi connectivity index (χ2v) is 5.43. The van der Waals surface area contributed by atoms with Gasteiger partial charge < -0.3 is 14.9 Å². The molecule has 2 rings (SSSR count). The van der Waals surface area contributed by atoms with E-state index in [-0.39, 0.29) is 5.91 Å². The number of anilines is 1. The third-order valence-corrected chi connectivity index (χ3v) is 3.52. The van der Waals surface area contributed by atoms with Crippen LogP contribution in [0.1, 0.15) is 19.4 Å². The smallest absolute Gasteiger partial charge is 0.328 e. The van der Waals surface area contributed by atoms with E-state index in [9.17, 15) is 9.59 Å².